The smallest absolute Gasteiger partial charge is 0.375 e. The van der Waals surface area contributed by atoms with Gasteiger partial charge in [-0.05, 0) is 19.8 Å². The fourth-order valence-electron chi connectivity index (χ4n) is 1.33. The molecule has 0 bridgehead atoms. The lowest BCUT2D eigenvalue weighted by Crippen LogP contribution is -2.24. The van der Waals surface area contributed by atoms with Crippen LogP contribution in [0.5, 0.6) is 0 Å². The van der Waals surface area contributed by atoms with Crippen molar-refractivity contribution >= 4 is 17.5 Å². The van der Waals surface area contributed by atoms with Gasteiger partial charge < -0.3 is 4.74 Å². The molecule has 0 unspecified atom stereocenters. The van der Waals surface area contributed by atoms with Gasteiger partial charge >= 0.3 is 5.97 Å². The van der Waals surface area contributed by atoms with Gasteiger partial charge in [-0.25, -0.2) is 4.79 Å². The second-order valence-electron chi connectivity index (χ2n) is 4.01. The zero-order valence-electron chi connectivity index (χ0n) is 12.2. The van der Waals surface area contributed by atoms with Gasteiger partial charge in [0.2, 0.25) is 5.78 Å². The van der Waals surface area contributed by atoms with E-state index in [0.717, 1.165) is 0 Å². The van der Waals surface area contributed by atoms with Crippen molar-refractivity contribution in [3.63, 3.8) is 0 Å². The number of Topliss-reactive ketones (excluding diaryl/α,β-unsaturated/α-hetero) is 2. The molecule has 0 spiro atoms. The first-order chi connectivity index (χ1) is 8.48. The molecule has 106 valence electrons. The lowest BCUT2D eigenvalue weighted by molar-refractivity contribution is -0.154. The average Bonchev–Trinajstić information content (AvgIpc) is 2.31. The Hall–Kier alpha value is -1.19. The number of carbonyl (C=O) groups excluding carboxylic acids is 3. The monoisotopic (exact) mass is 258 g/mol. The van der Waals surface area contributed by atoms with E-state index in [1.165, 1.54) is 6.42 Å². The van der Waals surface area contributed by atoms with Crippen molar-refractivity contribution in [3.05, 3.63) is 0 Å². The summed E-state index contributed by atoms with van der Waals surface area (Å²) < 4.78 is 4.51. The highest BCUT2D eigenvalue weighted by Gasteiger charge is 2.22. The molecule has 0 aromatic rings. The lowest BCUT2D eigenvalue weighted by atomic mass is 9.95. The Morgan fingerprint density at radius 1 is 0.944 bits per heavy atom. The van der Waals surface area contributed by atoms with Crippen LogP contribution in [0.2, 0.25) is 0 Å². The summed E-state index contributed by atoms with van der Waals surface area (Å²) in [5.74, 6) is -1.94. The molecular weight excluding hydrogens is 232 g/mol. The number of ether oxygens (including phenoxy) is 1. The van der Waals surface area contributed by atoms with Gasteiger partial charge in [0.15, 0.2) is 0 Å². The van der Waals surface area contributed by atoms with Crippen LogP contribution in [0.3, 0.4) is 0 Å². The van der Waals surface area contributed by atoms with E-state index in [4.69, 9.17) is 0 Å². The van der Waals surface area contributed by atoms with Crippen molar-refractivity contribution in [2.75, 3.05) is 6.61 Å². The van der Waals surface area contributed by atoms with E-state index >= 15 is 0 Å². The van der Waals surface area contributed by atoms with Crippen molar-refractivity contribution in [2.45, 2.75) is 60.3 Å². The van der Waals surface area contributed by atoms with Crippen molar-refractivity contribution in [1.29, 1.82) is 0 Å². The second kappa shape index (κ2) is 12.3. The van der Waals surface area contributed by atoms with Gasteiger partial charge in [-0.15, -0.1) is 0 Å². The molecule has 0 N–H and O–H groups in total. The van der Waals surface area contributed by atoms with Crippen LogP contribution in [-0.2, 0) is 19.1 Å². The van der Waals surface area contributed by atoms with Crippen LogP contribution in [0.15, 0.2) is 0 Å². The van der Waals surface area contributed by atoms with Gasteiger partial charge in [0.05, 0.1) is 13.0 Å². The standard InChI is InChI=1S/C11H18O4.C3H8/c1-4-8(5-2)9(12)7-10(13)11(14)15-6-3;1-3-2/h8H,4-7H2,1-3H3;3H2,1-2H3. The lowest BCUT2D eigenvalue weighted by Gasteiger charge is -2.09. The Kier molecular flexibility index (Phi) is 13.1. The molecular formula is C14H26O4. The topological polar surface area (TPSA) is 60.4 Å². The minimum Gasteiger partial charge on any atom is -0.460 e. The van der Waals surface area contributed by atoms with Crippen LogP contribution in [-0.4, -0.2) is 24.1 Å². The molecule has 0 heterocycles. The minimum atomic E-state index is -0.906. The first-order valence-electron chi connectivity index (χ1n) is 6.70. The van der Waals surface area contributed by atoms with Crippen molar-refractivity contribution in [2.24, 2.45) is 5.92 Å². The molecule has 0 aromatic carbocycles. The second-order valence-corrected chi connectivity index (χ2v) is 4.01. The number of ketones is 2. The molecule has 0 atom stereocenters. The van der Waals surface area contributed by atoms with Gasteiger partial charge in [-0.2, -0.15) is 0 Å². The largest absolute Gasteiger partial charge is 0.460 e. The van der Waals surface area contributed by atoms with E-state index in [-0.39, 0.29) is 24.7 Å². The normalized spacial score (nSPS) is 9.44. The molecule has 0 saturated heterocycles. The van der Waals surface area contributed by atoms with Crippen LogP contribution in [0.25, 0.3) is 0 Å². The third kappa shape index (κ3) is 8.90. The van der Waals surface area contributed by atoms with Gasteiger partial charge in [-0.3, -0.25) is 9.59 Å². The molecule has 0 aliphatic rings. The van der Waals surface area contributed by atoms with Crippen LogP contribution in [0, 0.1) is 5.92 Å². The highest BCUT2D eigenvalue weighted by atomic mass is 16.5. The molecule has 0 aliphatic heterocycles. The SMILES string of the molecule is CCC.CCOC(=O)C(=O)CC(=O)C(CC)CC. The molecule has 0 fully saturated rings. The van der Waals surface area contributed by atoms with E-state index in [1.807, 2.05) is 13.8 Å². The van der Waals surface area contributed by atoms with E-state index in [1.54, 1.807) is 6.92 Å². The van der Waals surface area contributed by atoms with Gasteiger partial charge in [0.1, 0.15) is 5.78 Å². The fraction of sp³-hybridized carbons (Fsp3) is 0.786. The van der Waals surface area contributed by atoms with Crippen molar-refractivity contribution < 1.29 is 19.1 Å². The summed E-state index contributed by atoms with van der Waals surface area (Å²) in [6, 6.07) is 0. The Labute approximate surface area is 110 Å². The highest BCUT2D eigenvalue weighted by Crippen LogP contribution is 2.11. The molecule has 4 nitrogen and oxygen atoms in total. The maximum absolute atomic E-state index is 11.5. The summed E-state index contributed by atoms with van der Waals surface area (Å²) in [5, 5.41) is 0. The van der Waals surface area contributed by atoms with Gasteiger partial charge in [0.25, 0.3) is 0 Å². The summed E-state index contributed by atoms with van der Waals surface area (Å²) in [5.41, 5.74) is 0. The zero-order valence-corrected chi connectivity index (χ0v) is 12.2. The Balaban J connectivity index is 0. The fourth-order valence-corrected chi connectivity index (χ4v) is 1.33. The molecule has 18 heavy (non-hydrogen) atoms. The number of hydrogen-bond acceptors (Lipinski definition) is 4. The maximum atomic E-state index is 11.5. The first-order valence-corrected chi connectivity index (χ1v) is 6.70. The van der Waals surface area contributed by atoms with E-state index < -0.39 is 11.8 Å². The van der Waals surface area contributed by atoms with Crippen LogP contribution < -0.4 is 0 Å². The molecule has 0 radical (unpaired) electrons. The van der Waals surface area contributed by atoms with E-state index in [9.17, 15) is 14.4 Å². The summed E-state index contributed by atoms with van der Waals surface area (Å²) in [4.78, 5) is 33.6. The van der Waals surface area contributed by atoms with Gasteiger partial charge in [0, 0.05) is 5.92 Å². The van der Waals surface area contributed by atoms with Crippen LogP contribution >= 0.6 is 0 Å². The van der Waals surface area contributed by atoms with Crippen LogP contribution in [0.4, 0.5) is 0 Å². The van der Waals surface area contributed by atoms with E-state index in [0.29, 0.717) is 12.8 Å². The molecule has 0 aliphatic carbocycles. The third-order valence-corrected chi connectivity index (χ3v) is 2.28. The summed E-state index contributed by atoms with van der Waals surface area (Å²) in [6.07, 6.45) is 2.32. The van der Waals surface area contributed by atoms with Gasteiger partial charge in [-0.1, -0.05) is 34.1 Å². The number of esters is 1. The Morgan fingerprint density at radius 2 is 1.39 bits per heavy atom. The third-order valence-electron chi connectivity index (χ3n) is 2.28. The Morgan fingerprint density at radius 3 is 1.72 bits per heavy atom. The summed E-state index contributed by atoms with van der Waals surface area (Å²) in [6.45, 7) is 9.81. The number of carbonyl (C=O) groups is 3. The molecule has 0 rings (SSSR count). The van der Waals surface area contributed by atoms with Crippen molar-refractivity contribution in [3.8, 4) is 0 Å². The van der Waals surface area contributed by atoms with E-state index in [2.05, 4.69) is 18.6 Å². The summed E-state index contributed by atoms with van der Waals surface area (Å²) in [7, 11) is 0. The molecule has 0 saturated carbocycles. The quantitative estimate of drug-likeness (QED) is 0.400. The van der Waals surface area contributed by atoms with Crippen molar-refractivity contribution in [1.82, 2.24) is 0 Å². The molecule has 4 heteroatoms. The molecule has 0 amide bonds. The maximum Gasteiger partial charge on any atom is 0.375 e. The first kappa shape index (κ1) is 19.2. The zero-order chi connectivity index (χ0) is 14.6. The predicted molar refractivity (Wildman–Crippen MR) is 71.3 cm³/mol. The number of hydrogen-bond donors (Lipinski definition) is 0. The van der Waals surface area contributed by atoms with Crippen LogP contribution in [0.1, 0.15) is 60.3 Å². The summed E-state index contributed by atoms with van der Waals surface area (Å²) >= 11 is 0. The molecule has 0 aromatic heterocycles. The Bertz CT molecular complexity index is 255. The predicted octanol–water partition coefficient (Wildman–Crippen LogP) is 2.93. The highest BCUT2D eigenvalue weighted by molar-refractivity contribution is 6.37. The number of rotatable bonds is 7. The average molecular weight is 258 g/mol. The minimum absolute atomic E-state index is 0.122.